The fraction of sp³-hybridized carbons (Fsp3) is 0.452. The summed E-state index contributed by atoms with van der Waals surface area (Å²) < 4.78 is 12.2. The number of fused-ring (bicyclic) bond motifs is 2. The van der Waals surface area contributed by atoms with Crippen LogP contribution in [0.1, 0.15) is 61.2 Å². The van der Waals surface area contributed by atoms with Crippen LogP contribution in [-0.4, -0.2) is 52.8 Å². The van der Waals surface area contributed by atoms with Gasteiger partial charge < -0.3 is 13.9 Å². The van der Waals surface area contributed by atoms with Crippen molar-refractivity contribution in [2.75, 3.05) is 26.2 Å². The Morgan fingerprint density at radius 1 is 0.919 bits per heavy atom. The lowest BCUT2D eigenvalue weighted by atomic mass is 9.86. The minimum atomic E-state index is 0.315. The second-order valence-corrected chi connectivity index (χ2v) is 10.9. The largest absolute Gasteiger partial charge is 0.507 e. The molecule has 6 nitrogen and oxygen atoms in total. The highest BCUT2D eigenvalue weighted by molar-refractivity contribution is 6.23. The molecule has 1 saturated carbocycles. The van der Waals surface area contributed by atoms with E-state index in [4.69, 9.17) is 13.8 Å². The van der Waals surface area contributed by atoms with Crippen LogP contribution in [0.15, 0.2) is 56.5 Å². The van der Waals surface area contributed by atoms with Gasteiger partial charge in [-0.05, 0) is 37.8 Å². The number of aromatic hydroxyl groups is 1. The molecule has 7 rings (SSSR count). The molecule has 3 heterocycles. The Kier molecular flexibility index (Phi) is 6.02. The van der Waals surface area contributed by atoms with Crippen molar-refractivity contribution >= 4 is 27.5 Å². The van der Waals surface area contributed by atoms with E-state index in [1.54, 1.807) is 6.26 Å². The van der Waals surface area contributed by atoms with Gasteiger partial charge in [0, 0.05) is 65.2 Å². The number of rotatable bonds is 5. The van der Waals surface area contributed by atoms with Crippen LogP contribution in [-0.2, 0) is 19.5 Å². The zero-order chi connectivity index (χ0) is 24.8. The third-order valence-corrected chi connectivity index (χ3v) is 8.78. The standard InChI is InChI=1S/C31H35N3O3/c35-30-23-10-4-5-11-24(23)31-28-25(12-13-26(29(28)30)32-19-22-9-6-18-36-22)27(37-31)20-33-14-16-34(17-15-33)21-7-2-1-3-8-21/h4-6,9-11,18,21,35H,1-3,7-8,12-17,19-20H2. The van der Waals surface area contributed by atoms with E-state index in [9.17, 15) is 5.11 Å². The van der Waals surface area contributed by atoms with E-state index >= 15 is 0 Å². The lowest BCUT2D eigenvalue weighted by molar-refractivity contribution is 0.0723. The molecule has 0 spiro atoms. The Balaban J connectivity index is 1.22. The Labute approximate surface area is 217 Å². The van der Waals surface area contributed by atoms with Gasteiger partial charge in [0.25, 0.3) is 0 Å². The van der Waals surface area contributed by atoms with E-state index in [-0.39, 0.29) is 0 Å². The van der Waals surface area contributed by atoms with Gasteiger partial charge in [-0.15, -0.1) is 0 Å². The summed E-state index contributed by atoms with van der Waals surface area (Å²) in [5.74, 6) is 2.20. The molecule has 0 atom stereocenters. The van der Waals surface area contributed by atoms with Crippen LogP contribution in [0.4, 0.5) is 0 Å². The lowest BCUT2D eigenvalue weighted by Crippen LogP contribution is -2.50. The van der Waals surface area contributed by atoms with E-state index in [1.165, 1.54) is 37.7 Å². The van der Waals surface area contributed by atoms with Crippen molar-refractivity contribution in [2.24, 2.45) is 4.99 Å². The number of hydrogen-bond donors (Lipinski definition) is 1. The first-order valence-corrected chi connectivity index (χ1v) is 14.0. The van der Waals surface area contributed by atoms with Crippen LogP contribution >= 0.6 is 0 Å². The number of phenols is 1. The monoisotopic (exact) mass is 497 g/mol. The van der Waals surface area contributed by atoms with Crippen LogP contribution in [0, 0.1) is 0 Å². The minimum Gasteiger partial charge on any atom is -0.507 e. The Morgan fingerprint density at radius 3 is 2.51 bits per heavy atom. The van der Waals surface area contributed by atoms with Gasteiger partial charge in [-0.1, -0.05) is 43.5 Å². The van der Waals surface area contributed by atoms with Gasteiger partial charge in [-0.25, -0.2) is 0 Å². The Hall–Kier alpha value is -3.09. The quantitative estimate of drug-likeness (QED) is 0.352. The maximum absolute atomic E-state index is 11.5. The molecule has 2 fully saturated rings. The lowest BCUT2D eigenvalue weighted by Gasteiger charge is -2.40. The molecule has 0 amide bonds. The smallest absolute Gasteiger partial charge is 0.143 e. The second-order valence-electron chi connectivity index (χ2n) is 10.9. The van der Waals surface area contributed by atoms with Crippen LogP contribution in [0.25, 0.3) is 21.7 Å². The van der Waals surface area contributed by atoms with E-state index in [1.807, 2.05) is 30.3 Å². The molecule has 0 unspecified atom stereocenters. The van der Waals surface area contributed by atoms with Crippen LogP contribution in [0.5, 0.6) is 5.75 Å². The van der Waals surface area contributed by atoms with Gasteiger partial charge in [-0.3, -0.25) is 14.8 Å². The number of nitrogens with zero attached hydrogens (tertiary/aromatic N) is 3. The van der Waals surface area contributed by atoms with E-state index in [0.29, 0.717) is 12.3 Å². The second kappa shape index (κ2) is 9.66. The SMILES string of the molecule is Oc1c2c3c(c(CN4CCN(C5CCCCC5)CC4)oc3c3ccccc13)CCC2=NCc1ccco1. The van der Waals surface area contributed by atoms with Crippen molar-refractivity contribution in [3.63, 3.8) is 0 Å². The molecule has 2 aliphatic carbocycles. The molecule has 1 saturated heterocycles. The fourth-order valence-electron chi connectivity index (χ4n) is 6.82. The van der Waals surface area contributed by atoms with Gasteiger partial charge in [0.05, 0.1) is 19.4 Å². The first-order valence-electron chi connectivity index (χ1n) is 14.0. The third kappa shape index (κ3) is 4.16. The minimum absolute atomic E-state index is 0.315. The van der Waals surface area contributed by atoms with E-state index in [0.717, 1.165) is 96.1 Å². The van der Waals surface area contributed by atoms with Crippen LogP contribution < -0.4 is 0 Å². The average Bonchev–Trinajstić information content (AvgIpc) is 3.60. The number of benzene rings is 2. The molecular formula is C31H35N3O3. The first-order chi connectivity index (χ1) is 18.3. The Bertz CT molecular complexity index is 1440. The molecule has 1 aliphatic heterocycles. The van der Waals surface area contributed by atoms with Crippen molar-refractivity contribution in [1.82, 2.24) is 9.80 Å². The summed E-state index contributed by atoms with van der Waals surface area (Å²) in [5.41, 5.74) is 3.92. The number of aliphatic imine (C=N–C) groups is 1. The molecule has 3 aliphatic rings. The predicted molar refractivity (Wildman–Crippen MR) is 146 cm³/mol. The zero-order valence-electron chi connectivity index (χ0n) is 21.4. The third-order valence-electron chi connectivity index (χ3n) is 8.78. The van der Waals surface area contributed by atoms with Gasteiger partial charge in [0.15, 0.2) is 0 Å². The van der Waals surface area contributed by atoms with Gasteiger partial charge in [0.1, 0.15) is 22.9 Å². The average molecular weight is 498 g/mol. The summed E-state index contributed by atoms with van der Waals surface area (Å²) in [7, 11) is 0. The topological polar surface area (TPSA) is 65.3 Å². The van der Waals surface area contributed by atoms with Crippen molar-refractivity contribution < 1.29 is 13.9 Å². The van der Waals surface area contributed by atoms with E-state index < -0.39 is 0 Å². The number of phenolic OH excluding ortho intramolecular Hbond substituents is 1. The van der Waals surface area contributed by atoms with Crippen molar-refractivity contribution in [3.8, 4) is 5.75 Å². The molecule has 37 heavy (non-hydrogen) atoms. The van der Waals surface area contributed by atoms with Crippen molar-refractivity contribution in [3.05, 3.63) is 65.3 Å². The molecule has 6 heteroatoms. The van der Waals surface area contributed by atoms with Crippen molar-refractivity contribution in [1.29, 1.82) is 0 Å². The summed E-state index contributed by atoms with van der Waals surface area (Å²) in [6.45, 7) is 5.78. The molecule has 0 bridgehead atoms. The highest BCUT2D eigenvalue weighted by Gasteiger charge is 2.31. The molecule has 1 N–H and O–H groups in total. The number of piperazine rings is 1. The number of aryl methyl sites for hydroxylation is 1. The highest BCUT2D eigenvalue weighted by Crippen LogP contribution is 2.45. The van der Waals surface area contributed by atoms with Gasteiger partial charge in [0.2, 0.25) is 0 Å². The van der Waals surface area contributed by atoms with Crippen LogP contribution in [0.3, 0.4) is 0 Å². The number of hydrogen-bond acceptors (Lipinski definition) is 6. The molecule has 192 valence electrons. The normalized spacial score (nSPS) is 20.9. The Morgan fingerprint density at radius 2 is 1.73 bits per heavy atom. The molecule has 2 aromatic heterocycles. The van der Waals surface area contributed by atoms with Crippen molar-refractivity contribution in [2.45, 2.75) is 64.1 Å². The number of furan rings is 2. The summed E-state index contributed by atoms with van der Waals surface area (Å²) in [6, 6.07) is 12.6. The first kappa shape index (κ1) is 23.1. The summed E-state index contributed by atoms with van der Waals surface area (Å²) in [6.07, 6.45) is 10.3. The molecule has 2 aromatic carbocycles. The van der Waals surface area contributed by atoms with Gasteiger partial charge >= 0.3 is 0 Å². The highest BCUT2D eigenvalue weighted by atomic mass is 16.3. The summed E-state index contributed by atoms with van der Waals surface area (Å²) in [5, 5.41) is 14.3. The molecule has 0 radical (unpaired) electrons. The van der Waals surface area contributed by atoms with E-state index in [2.05, 4.69) is 15.9 Å². The predicted octanol–water partition coefficient (Wildman–Crippen LogP) is 6.27. The fourth-order valence-corrected chi connectivity index (χ4v) is 6.82. The van der Waals surface area contributed by atoms with Gasteiger partial charge in [-0.2, -0.15) is 0 Å². The maximum atomic E-state index is 11.5. The summed E-state index contributed by atoms with van der Waals surface area (Å²) in [4.78, 5) is 10.2. The van der Waals surface area contributed by atoms with Crippen LogP contribution in [0.2, 0.25) is 0 Å². The molecular weight excluding hydrogens is 462 g/mol. The summed E-state index contributed by atoms with van der Waals surface area (Å²) >= 11 is 0. The zero-order valence-corrected chi connectivity index (χ0v) is 21.4. The maximum Gasteiger partial charge on any atom is 0.143 e. The molecule has 4 aromatic rings.